The van der Waals surface area contributed by atoms with Gasteiger partial charge in [-0.3, -0.25) is 4.79 Å². The topological polar surface area (TPSA) is 76.4 Å². The number of rotatable bonds is 4. The molecule has 1 rings (SSSR count). The number of alkyl halides is 2. The van der Waals surface area contributed by atoms with Crippen LogP contribution in [0.15, 0.2) is 0 Å². The summed E-state index contributed by atoms with van der Waals surface area (Å²) in [5, 5.41) is 5.04. The van der Waals surface area contributed by atoms with Crippen molar-refractivity contribution in [3.8, 4) is 0 Å². The molecule has 1 amide bonds. The van der Waals surface area contributed by atoms with Crippen LogP contribution in [0.1, 0.15) is 0 Å². The molecule has 104 valence electrons. The third kappa shape index (κ3) is 6.95. The third-order valence-corrected chi connectivity index (χ3v) is 2.04. The number of carbonyl (C=O) groups is 1. The molecule has 9 heteroatoms. The molecule has 17 heavy (non-hydrogen) atoms. The molecule has 0 aliphatic carbocycles. The van der Waals surface area contributed by atoms with Gasteiger partial charge < -0.3 is 21.1 Å². The predicted molar refractivity (Wildman–Crippen MR) is 64.1 cm³/mol. The largest absolute Gasteiger partial charge is 0.366 e. The molecule has 1 aliphatic heterocycles. The van der Waals surface area contributed by atoms with E-state index >= 15 is 0 Å². The van der Waals surface area contributed by atoms with Crippen LogP contribution in [0.3, 0.4) is 0 Å². The third-order valence-electron chi connectivity index (χ3n) is 2.04. The fourth-order valence-corrected chi connectivity index (χ4v) is 1.14. The van der Waals surface area contributed by atoms with Gasteiger partial charge in [0, 0.05) is 13.1 Å². The first-order valence-corrected chi connectivity index (χ1v) is 4.73. The minimum absolute atomic E-state index is 0. The summed E-state index contributed by atoms with van der Waals surface area (Å²) in [5.74, 6) is -3.59. The lowest BCUT2D eigenvalue weighted by Gasteiger charge is -2.23. The molecule has 0 aromatic rings. The summed E-state index contributed by atoms with van der Waals surface area (Å²) in [6.45, 7) is -0.104. The number of ether oxygens (including phenoxy) is 1. The van der Waals surface area contributed by atoms with Crippen molar-refractivity contribution in [1.29, 1.82) is 0 Å². The summed E-state index contributed by atoms with van der Waals surface area (Å²) in [6.07, 6.45) is -0.688. The van der Waals surface area contributed by atoms with E-state index in [1.807, 2.05) is 0 Å². The fraction of sp³-hybridized carbons (Fsp3) is 0.875. The maximum absolute atomic E-state index is 12.7. The van der Waals surface area contributed by atoms with Crippen molar-refractivity contribution in [3.63, 3.8) is 0 Å². The van der Waals surface area contributed by atoms with Gasteiger partial charge in [0.15, 0.2) is 0 Å². The van der Waals surface area contributed by atoms with E-state index in [0.717, 1.165) is 0 Å². The Labute approximate surface area is 111 Å². The van der Waals surface area contributed by atoms with E-state index in [9.17, 15) is 13.6 Å². The smallest absolute Gasteiger partial charge is 0.277 e. The van der Waals surface area contributed by atoms with Gasteiger partial charge in [0.05, 0.1) is 19.7 Å². The Morgan fingerprint density at radius 1 is 1.53 bits per heavy atom. The van der Waals surface area contributed by atoms with Crippen molar-refractivity contribution < 1.29 is 18.3 Å². The minimum Gasteiger partial charge on any atom is -0.366 e. The summed E-state index contributed by atoms with van der Waals surface area (Å²) in [7, 11) is 0. The molecule has 0 bridgehead atoms. The van der Waals surface area contributed by atoms with Crippen LogP contribution in [0.25, 0.3) is 0 Å². The quantitative estimate of drug-likeness (QED) is 0.655. The number of morpholine rings is 1. The number of nitrogens with two attached hydrogens (primary N) is 1. The number of hydrogen-bond acceptors (Lipinski definition) is 4. The van der Waals surface area contributed by atoms with Crippen LogP contribution in [0, 0.1) is 0 Å². The Balaban J connectivity index is 0. The van der Waals surface area contributed by atoms with Crippen LogP contribution < -0.4 is 16.4 Å². The summed E-state index contributed by atoms with van der Waals surface area (Å²) in [4.78, 5) is 11.3. The first-order chi connectivity index (χ1) is 7.05. The maximum Gasteiger partial charge on any atom is 0.277 e. The number of nitrogens with one attached hydrogen (secondary N) is 2. The second kappa shape index (κ2) is 8.82. The highest BCUT2D eigenvalue weighted by Gasteiger charge is 2.29. The Hall–Kier alpha value is -0.210. The standard InChI is InChI=1S/C8H15F2N3O2.2ClH/c9-8(10,4-11)5-13-7(14)6-3-12-1-2-15-6;;/h6,12H,1-5,11H2,(H,13,14);2*1H/t6-;;/m1../s1. The van der Waals surface area contributed by atoms with Gasteiger partial charge in [-0.25, -0.2) is 8.78 Å². The molecule has 0 spiro atoms. The zero-order chi connectivity index (χ0) is 11.3. The van der Waals surface area contributed by atoms with Crippen LogP contribution in [0.4, 0.5) is 8.78 Å². The molecule has 1 fully saturated rings. The first kappa shape index (κ1) is 19.1. The van der Waals surface area contributed by atoms with Crippen molar-refractivity contribution in [2.45, 2.75) is 12.0 Å². The summed E-state index contributed by atoms with van der Waals surface area (Å²) in [6, 6.07) is 0. The van der Waals surface area contributed by atoms with Crippen molar-refractivity contribution >= 4 is 30.7 Å². The van der Waals surface area contributed by atoms with E-state index in [-0.39, 0.29) is 24.8 Å². The molecular formula is C8H17Cl2F2N3O2. The van der Waals surface area contributed by atoms with Gasteiger partial charge in [0.25, 0.3) is 11.8 Å². The molecule has 4 N–H and O–H groups in total. The Bertz CT molecular complexity index is 229. The Morgan fingerprint density at radius 2 is 2.18 bits per heavy atom. The highest BCUT2D eigenvalue weighted by Crippen LogP contribution is 2.08. The zero-order valence-corrected chi connectivity index (χ0v) is 10.7. The zero-order valence-electron chi connectivity index (χ0n) is 9.08. The molecule has 1 heterocycles. The van der Waals surface area contributed by atoms with Gasteiger partial charge in [-0.05, 0) is 0 Å². The molecule has 1 saturated heterocycles. The molecule has 0 unspecified atom stereocenters. The SMILES string of the molecule is Cl.Cl.NCC(F)(F)CNC(=O)[C@H]1CNCCO1. The number of carbonyl (C=O) groups excluding carboxylic acids is 1. The van der Waals surface area contributed by atoms with Crippen LogP contribution in [0.2, 0.25) is 0 Å². The van der Waals surface area contributed by atoms with E-state index in [2.05, 4.69) is 10.6 Å². The molecular weight excluding hydrogens is 279 g/mol. The van der Waals surface area contributed by atoms with Gasteiger partial charge in [-0.2, -0.15) is 0 Å². The lowest BCUT2D eigenvalue weighted by molar-refractivity contribution is -0.135. The molecule has 1 aliphatic rings. The van der Waals surface area contributed by atoms with Crippen molar-refractivity contribution in [1.82, 2.24) is 10.6 Å². The normalized spacial score (nSPS) is 19.8. The van der Waals surface area contributed by atoms with E-state index in [1.54, 1.807) is 0 Å². The van der Waals surface area contributed by atoms with E-state index in [0.29, 0.717) is 19.7 Å². The summed E-state index contributed by atoms with van der Waals surface area (Å²) >= 11 is 0. The van der Waals surface area contributed by atoms with Gasteiger partial charge >= 0.3 is 0 Å². The molecule has 1 atom stereocenters. The van der Waals surface area contributed by atoms with Crippen molar-refractivity contribution in [3.05, 3.63) is 0 Å². The summed E-state index contributed by atoms with van der Waals surface area (Å²) < 4.78 is 30.5. The number of halogens is 4. The Morgan fingerprint density at radius 3 is 2.65 bits per heavy atom. The van der Waals surface area contributed by atoms with E-state index < -0.39 is 31.0 Å². The van der Waals surface area contributed by atoms with Gasteiger partial charge in [-0.1, -0.05) is 0 Å². The summed E-state index contributed by atoms with van der Waals surface area (Å²) in [5.41, 5.74) is 4.83. The molecule has 0 radical (unpaired) electrons. The van der Waals surface area contributed by atoms with Crippen LogP contribution in [-0.2, 0) is 9.53 Å². The second-order valence-electron chi connectivity index (χ2n) is 3.34. The van der Waals surface area contributed by atoms with Crippen LogP contribution in [0.5, 0.6) is 0 Å². The highest BCUT2D eigenvalue weighted by atomic mass is 35.5. The van der Waals surface area contributed by atoms with E-state index in [4.69, 9.17) is 10.5 Å². The van der Waals surface area contributed by atoms with Gasteiger partial charge in [0.2, 0.25) is 0 Å². The highest BCUT2D eigenvalue weighted by molar-refractivity contribution is 5.85. The Kier molecular flexibility index (Phi) is 9.93. The fourth-order valence-electron chi connectivity index (χ4n) is 1.14. The number of amides is 1. The van der Waals surface area contributed by atoms with Crippen LogP contribution >= 0.6 is 24.8 Å². The predicted octanol–water partition coefficient (Wildman–Crippen LogP) is -0.471. The lowest BCUT2D eigenvalue weighted by atomic mass is 10.2. The monoisotopic (exact) mass is 295 g/mol. The average molecular weight is 296 g/mol. The van der Waals surface area contributed by atoms with Crippen molar-refractivity contribution in [2.24, 2.45) is 5.73 Å². The molecule has 0 aromatic heterocycles. The van der Waals surface area contributed by atoms with Crippen molar-refractivity contribution in [2.75, 3.05) is 32.8 Å². The van der Waals surface area contributed by atoms with Crippen LogP contribution in [-0.4, -0.2) is 50.7 Å². The molecule has 0 saturated carbocycles. The lowest BCUT2D eigenvalue weighted by Crippen LogP contribution is -2.51. The first-order valence-electron chi connectivity index (χ1n) is 4.73. The second-order valence-corrected chi connectivity index (χ2v) is 3.34. The molecule has 0 aromatic carbocycles. The molecule has 5 nitrogen and oxygen atoms in total. The minimum atomic E-state index is -3.06. The van der Waals surface area contributed by atoms with Gasteiger partial charge in [0.1, 0.15) is 6.10 Å². The number of hydrogen-bond donors (Lipinski definition) is 3. The van der Waals surface area contributed by atoms with E-state index in [1.165, 1.54) is 0 Å². The maximum atomic E-state index is 12.7. The average Bonchev–Trinajstić information content (AvgIpc) is 2.27. The van der Waals surface area contributed by atoms with Gasteiger partial charge in [-0.15, -0.1) is 24.8 Å².